The molecule has 2 aromatic rings. The zero-order chi connectivity index (χ0) is 14.8. The fourth-order valence-electron chi connectivity index (χ4n) is 3.26. The first-order chi connectivity index (χ1) is 10.2. The van der Waals surface area contributed by atoms with Gasteiger partial charge in [0, 0.05) is 30.0 Å². The van der Waals surface area contributed by atoms with E-state index in [1.165, 1.54) is 10.9 Å². The van der Waals surface area contributed by atoms with E-state index in [1.54, 1.807) is 0 Å². The molecule has 0 aliphatic carbocycles. The number of benzene rings is 1. The van der Waals surface area contributed by atoms with Crippen molar-refractivity contribution in [3.8, 4) is 0 Å². The van der Waals surface area contributed by atoms with Crippen LogP contribution >= 0.6 is 0 Å². The zero-order valence-electron chi connectivity index (χ0n) is 13.2. The van der Waals surface area contributed by atoms with Gasteiger partial charge in [-0.3, -0.25) is 0 Å². The topological polar surface area (TPSA) is 34.4 Å². The fourth-order valence-corrected chi connectivity index (χ4v) is 3.26. The van der Waals surface area contributed by atoms with Crippen molar-refractivity contribution in [1.82, 2.24) is 5.32 Å². The van der Waals surface area contributed by atoms with Gasteiger partial charge in [0.05, 0.1) is 6.10 Å². The molecule has 0 radical (unpaired) electrons. The Hall–Kier alpha value is -1.32. The second kappa shape index (κ2) is 6.20. The molecule has 1 saturated heterocycles. The van der Waals surface area contributed by atoms with Crippen LogP contribution in [0.1, 0.15) is 37.7 Å². The lowest BCUT2D eigenvalue weighted by Crippen LogP contribution is -2.28. The monoisotopic (exact) mass is 287 g/mol. The molecule has 1 aliphatic heterocycles. The molecule has 3 rings (SSSR count). The molecular weight excluding hydrogens is 262 g/mol. The van der Waals surface area contributed by atoms with Crippen molar-refractivity contribution in [3.63, 3.8) is 0 Å². The number of hydrogen-bond acceptors (Lipinski definition) is 3. The Morgan fingerprint density at radius 3 is 2.90 bits per heavy atom. The molecule has 1 fully saturated rings. The predicted octanol–water partition coefficient (Wildman–Crippen LogP) is 4.06. The summed E-state index contributed by atoms with van der Waals surface area (Å²) in [4.78, 5) is 0. The Balaban J connectivity index is 1.82. The van der Waals surface area contributed by atoms with E-state index in [2.05, 4.69) is 38.2 Å². The summed E-state index contributed by atoms with van der Waals surface area (Å²) in [5.74, 6) is 2.21. The average Bonchev–Trinajstić information content (AvgIpc) is 3.01. The molecule has 114 valence electrons. The third-order valence-corrected chi connectivity index (χ3v) is 4.28. The molecule has 21 heavy (non-hydrogen) atoms. The number of ether oxygens (including phenoxy) is 1. The Labute approximate surface area is 126 Å². The van der Waals surface area contributed by atoms with E-state index in [1.807, 2.05) is 12.1 Å². The minimum Gasteiger partial charge on any atom is -0.461 e. The van der Waals surface area contributed by atoms with Crippen LogP contribution in [0, 0.1) is 18.8 Å². The largest absolute Gasteiger partial charge is 0.461 e. The van der Waals surface area contributed by atoms with E-state index in [4.69, 9.17) is 9.15 Å². The summed E-state index contributed by atoms with van der Waals surface area (Å²) >= 11 is 0. The third kappa shape index (κ3) is 2.99. The molecule has 0 spiro atoms. The Morgan fingerprint density at radius 2 is 2.10 bits per heavy atom. The van der Waals surface area contributed by atoms with Crippen LogP contribution in [0.25, 0.3) is 11.0 Å². The molecule has 1 aromatic heterocycles. The first-order valence-electron chi connectivity index (χ1n) is 7.97. The first-order valence-corrected chi connectivity index (χ1v) is 7.97. The van der Waals surface area contributed by atoms with Gasteiger partial charge in [-0.05, 0) is 31.9 Å². The number of fused-ring (bicyclic) bond motifs is 1. The van der Waals surface area contributed by atoms with Crippen LogP contribution in [0.4, 0.5) is 0 Å². The van der Waals surface area contributed by atoms with E-state index >= 15 is 0 Å². The van der Waals surface area contributed by atoms with Gasteiger partial charge in [0.25, 0.3) is 0 Å². The molecule has 2 heterocycles. The fraction of sp³-hybridized carbons (Fsp3) is 0.556. The van der Waals surface area contributed by atoms with Crippen molar-refractivity contribution < 1.29 is 9.15 Å². The maximum atomic E-state index is 6.06. The molecular formula is C18H25NO2. The SMILES string of the molecule is Cc1oc2ccccc2c1C1OCCC1CNCC(C)C. The Morgan fingerprint density at radius 1 is 1.29 bits per heavy atom. The molecule has 0 saturated carbocycles. The zero-order valence-corrected chi connectivity index (χ0v) is 13.2. The Bertz CT molecular complexity index is 602. The number of rotatable bonds is 5. The highest BCUT2D eigenvalue weighted by molar-refractivity contribution is 5.82. The predicted molar refractivity (Wildman–Crippen MR) is 85.5 cm³/mol. The van der Waals surface area contributed by atoms with Gasteiger partial charge in [-0.1, -0.05) is 32.0 Å². The normalized spacial score (nSPS) is 22.5. The highest BCUT2D eigenvalue weighted by atomic mass is 16.5. The second-order valence-electron chi connectivity index (χ2n) is 6.46. The number of aryl methyl sites for hydroxylation is 1. The molecule has 0 bridgehead atoms. The maximum absolute atomic E-state index is 6.06. The van der Waals surface area contributed by atoms with Crippen molar-refractivity contribution in [2.75, 3.05) is 19.7 Å². The van der Waals surface area contributed by atoms with Crippen LogP contribution in [0.5, 0.6) is 0 Å². The van der Waals surface area contributed by atoms with E-state index in [-0.39, 0.29) is 6.10 Å². The van der Waals surface area contributed by atoms with E-state index in [0.717, 1.165) is 37.5 Å². The summed E-state index contributed by atoms with van der Waals surface area (Å²) in [7, 11) is 0. The van der Waals surface area contributed by atoms with Crippen molar-refractivity contribution in [1.29, 1.82) is 0 Å². The van der Waals surface area contributed by atoms with Crippen molar-refractivity contribution in [3.05, 3.63) is 35.6 Å². The standard InChI is InChI=1S/C18H25NO2/c1-12(2)10-19-11-14-8-9-20-18(14)17-13(3)21-16-7-5-4-6-15(16)17/h4-7,12,14,18-19H,8-11H2,1-3H3. The second-order valence-corrected chi connectivity index (χ2v) is 6.46. The number of hydrogen-bond donors (Lipinski definition) is 1. The van der Waals surface area contributed by atoms with Gasteiger partial charge in [0.2, 0.25) is 0 Å². The third-order valence-electron chi connectivity index (χ3n) is 4.28. The van der Waals surface area contributed by atoms with Gasteiger partial charge in [0.1, 0.15) is 11.3 Å². The highest BCUT2D eigenvalue weighted by Crippen LogP contribution is 2.40. The van der Waals surface area contributed by atoms with Gasteiger partial charge < -0.3 is 14.5 Å². The summed E-state index contributed by atoms with van der Waals surface area (Å²) in [6.07, 6.45) is 1.28. The van der Waals surface area contributed by atoms with E-state index in [9.17, 15) is 0 Å². The summed E-state index contributed by atoms with van der Waals surface area (Å²) in [5.41, 5.74) is 2.22. The lowest BCUT2D eigenvalue weighted by Gasteiger charge is -2.20. The van der Waals surface area contributed by atoms with Crippen LogP contribution in [-0.4, -0.2) is 19.7 Å². The van der Waals surface area contributed by atoms with E-state index < -0.39 is 0 Å². The maximum Gasteiger partial charge on any atom is 0.134 e. The smallest absolute Gasteiger partial charge is 0.134 e. The number of nitrogens with one attached hydrogen (secondary N) is 1. The first kappa shape index (κ1) is 14.6. The van der Waals surface area contributed by atoms with Crippen molar-refractivity contribution >= 4 is 11.0 Å². The molecule has 2 atom stereocenters. The summed E-state index contributed by atoms with van der Waals surface area (Å²) in [6, 6.07) is 8.27. The lowest BCUT2D eigenvalue weighted by atomic mass is 9.93. The van der Waals surface area contributed by atoms with Gasteiger partial charge in [-0.25, -0.2) is 0 Å². The molecule has 1 aromatic carbocycles. The van der Waals surface area contributed by atoms with Crippen LogP contribution in [0.2, 0.25) is 0 Å². The minimum absolute atomic E-state index is 0.160. The summed E-state index contributed by atoms with van der Waals surface area (Å²) in [6.45, 7) is 9.45. The van der Waals surface area contributed by atoms with E-state index in [0.29, 0.717) is 11.8 Å². The summed E-state index contributed by atoms with van der Waals surface area (Å²) < 4.78 is 12.0. The molecule has 3 nitrogen and oxygen atoms in total. The van der Waals surface area contributed by atoms with Gasteiger partial charge in [0.15, 0.2) is 0 Å². The molecule has 1 N–H and O–H groups in total. The highest BCUT2D eigenvalue weighted by Gasteiger charge is 2.33. The van der Waals surface area contributed by atoms with Gasteiger partial charge >= 0.3 is 0 Å². The average molecular weight is 287 g/mol. The molecule has 0 amide bonds. The molecule has 2 unspecified atom stereocenters. The van der Waals surface area contributed by atoms with Gasteiger partial charge in [-0.15, -0.1) is 0 Å². The van der Waals surface area contributed by atoms with Crippen LogP contribution in [0.15, 0.2) is 28.7 Å². The van der Waals surface area contributed by atoms with Crippen molar-refractivity contribution in [2.45, 2.75) is 33.3 Å². The quantitative estimate of drug-likeness (QED) is 0.900. The number of para-hydroxylation sites is 1. The van der Waals surface area contributed by atoms with Gasteiger partial charge in [-0.2, -0.15) is 0 Å². The molecule has 3 heteroatoms. The molecule has 1 aliphatic rings. The van der Waals surface area contributed by atoms with Crippen LogP contribution in [-0.2, 0) is 4.74 Å². The number of furan rings is 1. The van der Waals surface area contributed by atoms with Crippen LogP contribution in [0.3, 0.4) is 0 Å². The lowest BCUT2D eigenvalue weighted by molar-refractivity contribution is 0.0901. The van der Waals surface area contributed by atoms with Crippen molar-refractivity contribution in [2.24, 2.45) is 11.8 Å². The van der Waals surface area contributed by atoms with Crippen LogP contribution < -0.4 is 5.32 Å². The minimum atomic E-state index is 0.160. The summed E-state index contributed by atoms with van der Waals surface area (Å²) in [5, 5.41) is 4.78. The Kier molecular flexibility index (Phi) is 4.32.